The molecule has 2 heterocycles. The summed E-state index contributed by atoms with van der Waals surface area (Å²) in [6, 6.07) is 12.0. The first-order valence-electron chi connectivity index (χ1n) is 7.41. The quantitative estimate of drug-likeness (QED) is 0.412. The SMILES string of the molecule is CCCc1cc(=O)n2n1C(c1ccccc1)=CC2.[C-]#[O+].[C-]#[O+].[C-]#[O+].[C-]#[O+].[C-]#[O+].[W]. The Morgan fingerprint density at radius 2 is 1.38 bits per heavy atom. The van der Waals surface area contributed by atoms with E-state index in [0.29, 0.717) is 6.54 Å². The summed E-state index contributed by atoms with van der Waals surface area (Å²) in [5.41, 5.74) is 3.49. The van der Waals surface area contributed by atoms with Crippen LogP contribution in [0.2, 0.25) is 0 Å². The van der Waals surface area contributed by atoms with E-state index in [9.17, 15) is 4.79 Å². The van der Waals surface area contributed by atoms with E-state index in [0.717, 1.165) is 29.8 Å². The van der Waals surface area contributed by atoms with Crippen LogP contribution in [0.5, 0.6) is 0 Å². The van der Waals surface area contributed by atoms with Crippen molar-refractivity contribution in [2.75, 3.05) is 0 Å². The molecule has 0 N–H and O–H groups in total. The molecular formula is C20H16N2O6W. The summed E-state index contributed by atoms with van der Waals surface area (Å²) in [6.45, 7) is 25.3. The van der Waals surface area contributed by atoms with Gasteiger partial charge in [0.25, 0.3) is 5.56 Å². The van der Waals surface area contributed by atoms with E-state index in [4.69, 9.17) is 23.3 Å². The number of nitrogens with zero attached hydrogens (tertiary/aromatic N) is 2. The number of hydrogen-bond acceptors (Lipinski definition) is 1. The van der Waals surface area contributed by atoms with Crippen molar-refractivity contribution in [2.45, 2.75) is 26.3 Å². The summed E-state index contributed by atoms with van der Waals surface area (Å²) in [6.07, 6.45) is 4.10. The zero-order chi connectivity index (χ0) is 22.5. The number of allylic oxidation sites excluding steroid dienone is 1. The van der Waals surface area contributed by atoms with Crippen LogP contribution < -0.4 is 5.56 Å². The van der Waals surface area contributed by atoms with Crippen LogP contribution in [0.15, 0.2) is 47.3 Å². The van der Waals surface area contributed by atoms with Crippen molar-refractivity contribution in [3.63, 3.8) is 0 Å². The molecule has 0 unspecified atom stereocenters. The Morgan fingerprint density at radius 3 is 1.83 bits per heavy atom. The zero-order valence-electron chi connectivity index (χ0n) is 15.4. The van der Waals surface area contributed by atoms with Crippen LogP contribution in [0.1, 0.15) is 24.6 Å². The molecule has 0 amide bonds. The molecule has 0 spiro atoms. The van der Waals surface area contributed by atoms with E-state index >= 15 is 0 Å². The predicted octanol–water partition coefficient (Wildman–Crippen LogP) is 2.32. The van der Waals surface area contributed by atoms with Gasteiger partial charge < -0.3 is 0 Å². The Kier molecular flexibility index (Phi) is 27.4. The van der Waals surface area contributed by atoms with Gasteiger partial charge in [-0.05, 0) is 18.1 Å². The molecule has 0 radical (unpaired) electrons. The number of rotatable bonds is 3. The molecule has 1 aromatic carbocycles. The van der Waals surface area contributed by atoms with Gasteiger partial charge in [-0.2, -0.15) is 0 Å². The molecule has 2 aromatic rings. The molecule has 0 fully saturated rings. The van der Waals surface area contributed by atoms with Crippen molar-refractivity contribution in [1.29, 1.82) is 0 Å². The molecule has 8 nitrogen and oxygen atoms in total. The summed E-state index contributed by atoms with van der Waals surface area (Å²) >= 11 is 0. The number of benzene rings is 1. The van der Waals surface area contributed by atoms with Crippen molar-refractivity contribution in [1.82, 2.24) is 9.36 Å². The van der Waals surface area contributed by atoms with Crippen LogP contribution in [0.4, 0.5) is 0 Å². The first kappa shape index (κ1) is 33.9. The standard InChI is InChI=1S/C15H16N2O.5CO.W/c1-2-6-13-11-15(18)16-10-9-14(17(13)16)12-7-4-3-5-8-12;5*1-2;/h3-5,7-9,11H,2,6,10H2,1H3;;;;;;. The van der Waals surface area contributed by atoms with E-state index in [1.54, 1.807) is 10.7 Å². The van der Waals surface area contributed by atoms with Gasteiger partial charge in [0, 0.05) is 32.8 Å². The molecule has 0 aliphatic carbocycles. The minimum Gasteiger partial charge on any atom is 0 e. The molecule has 0 bridgehead atoms. The van der Waals surface area contributed by atoms with Crippen LogP contribution in [0, 0.1) is 33.3 Å². The topological polar surface area (TPSA) is 126 Å². The van der Waals surface area contributed by atoms with Gasteiger partial charge >= 0.3 is 56.5 Å². The van der Waals surface area contributed by atoms with Gasteiger partial charge in [0.2, 0.25) is 0 Å². The van der Waals surface area contributed by atoms with Gasteiger partial charge in [0.05, 0.1) is 12.2 Å². The van der Waals surface area contributed by atoms with Gasteiger partial charge in [-0.1, -0.05) is 43.7 Å². The minimum atomic E-state index is 0. The molecule has 1 aromatic heterocycles. The van der Waals surface area contributed by atoms with Crippen LogP contribution >= 0.6 is 0 Å². The Hall–Kier alpha value is -2.64. The average molecular weight is 564 g/mol. The molecule has 0 atom stereocenters. The predicted molar refractivity (Wildman–Crippen MR) is 92.2 cm³/mol. The van der Waals surface area contributed by atoms with Crippen molar-refractivity contribution < 1.29 is 44.3 Å². The Bertz CT molecular complexity index is 836. The number of hydrogen-bond donors (Lipinski definition) is 0. The monoisotopic (exact) mass is 564 g/mol. The molecule has 9 heteroatoms. The molecule has 1 aliphatic rings. The van der Waals surface area contributed by atoms with Crippen molar-refractivity contribution >= 4 is 5.70 Å². The van der Waals surface area contributed by atoms with Gasteiger partial charge in [0.1, 0.15) is 0 Å². The molecule has 3 rings (SSSR count). The maximum atomic E-state index is 11.9. The van der Waals surface area contributed by atoms with E-state index in [2.05, 4.69) is 63.1 Å². The maximum Gasteiger partial charge on any atom is 0 e. The summed E-state index contributed by atoms with van der Waals surface area (Å²) < 4.78 is 41.4. The summed E-state index contributed by atoms with van der Waals surface area (Å²) in [7, 11) is 0. The molecule has 1 aliphatic heterocycles. The van der Waals surface area contributed by atoms with E-state index in [1.165, 1.54) is 0 Å². The molecular weight excluding hydrogens is 548 g/mol. The third-order valence-electron chi connectivity index (χ3n) is 3.32. The van der Waals surface area contributed by atoms with E-state index in [-0.39, 0.29) is 26.6 Å². The first-order chi connectivity index (χ1) is 13.8. The normalized spacial score (nSPS) is 8.72. The van der Waals surface area contributed by atoms with Crippen LogP contribution in [-0.2, 0) is 57.3 Å². The Balaban J connectivity index is -0.000000250. The van der Waals surface area contributed by atoms with Gasteiger partial charge in [0.15, 0.2) is 0 Å². The van der Waals surface area contributed by atoms with E-state index < -0.39 is 0 Å². The second-order valence-electron chi connectivity index (χ2n) is 4.57. The second-order valence-corrected chi connectivity index (χ2v) is 4.57. The van der Waals surface area contributed by atoms with Gasteiger partial charge in [-0.3, -0.25) is 9.48 Å². The first-order valence-corrected chi connectivity index (χ1v) is 7.41. The minimum absolute atomic E-state index is 0. The average Bonchev–Trinajstić information content (AvgIpc) is 3.38. The van der Waals surface area contributed by atoms with Crippen molar-refractivity contribution in [3.05, 3.63) is 97.3 Å². The van der Waals surface area contributed by atoms with Crippen LogP contribution in [0.3, 0.4) is 0 Å². The third-order valence-corrected chi connectivity index (χ3v) is 3.32. The largest absolute Gasteiger partial charge is 0 e. The van der Waals surface area contributed by atoms with Gasteiger partial charge in [-0.15, -0.1) is 0 Å². The summed E-state index contributed by atoms with van der Waals surface area (Å²) in [5, 5.41) is 0. The fourth-order valence-corrected chi connectivity index (χ4v) is 2.53. The molecule has 0 saturated heterocycles. The third kappa shape index (κ3) is 9.91. The number of aromatic nitrogens is 2. The second kappa shape index (κ2) is 23.4. The maximum absolute atomic E-state index is 11.9. The van der Waals surface area contributed by atoms with Gasteiger partial charge in [-0.25, -0.2) is 4.68 Å². The molecule has 0 saturated carbocycles. The zero-order valence-corrected chi connectivity index (χ0v) is 18.3. The number of fused-ring (bicyclic) bond motifs is 1. The van der Waals surface area contributed by atoms with E-state index in [1.807, 2.05) is 18.2 Å². The summed E-state index contributed by atoms with van der Waals surface area (Å²) in [4.78, 5) is 11.9. The Morgan fingerprint density at radius 1 is 0.897 bits per heavy atom. The molecule has 148 valence electrons. The smallest absolute Gasteiger partial charge is 0 e. The van der Waals surface area contributed by atoms with Crippen LogP contribution in [-0.4, -0.2) is 9.36 Å². The van der Waals surface area contributed by atoms with Crippen LogP contribution in [0.25, 0.3) is 5.70 Å². The number of aryl methyl sites for hydroxylation is 1. The fraction of sp³-hybridized carbons (Fsp3) is 0.200. The van der Waals surface area contributed by atoms with Crippen molar-refractivity contribution in [2.24, 2.45) is 0 Å². The molecule has 29 heavy (non-hydrogen) atoms. The fourth-order valence-electron chi connectivity index (χ4n) is 2.53. The summed E-state index contributed by atoms with van der Waals surface area (Å²) in [5.74, 6) is 0. The van der Waals surface area contributed by atoms with Crippen molar-refractivity contribution in [3.8, 4) is 0 Å². The Labute approximate surface area is 183 Å².